The number of thiol groups is 2. The molecule has 0 spiro atoms. The standard InChI is InChI=1S/C63H117N11O13S2/c1-3-5-7-9-11-13-15-17-19-21-23-25-27-29-31-35-53(75)66-40-37-49(70-54(76)36-32-30-28-26-24-22-20-18-16-14-12-10-8-6-4-2)58(81)67-41-43-87-42-38-55(77)72-51(46-88)61(84)73-48(34-33-39-68-63(64)65)59(82)69-45-56(78)71-50(44-57(79)80)60(83)74-52(47-89)62(85)86/h48-52,88-89H,3-47H2,1-2H3,(H,66,75)(H,67,81)(H,69,82)(H,70,76)(H,71,78)(H,72,77)(H,73,84)(H,74,83)(H,79,80)(H,85,86)(H4,64,65,68)/t48-,49?,50-,51-,52-/m0/s1. The molecule has 0 heterocycles. The normalized spacial score (nSPS) is 12.7. The number of rotatable bonds is 61. The maximum absolute atomic E-state index is 13.5. The first kappa shape index (κ1) is 83.6. The minimum absolute atomic E-state index is 0.00855. The molecule has 0 fully saturated rings. The van der Waals surface area contributed by atoms with Crippen LogP contribution in [0.2, 0.25) is 0 Å². The van der Waals surface area contributed by atoms with Gasteiger partial charge < -0.3 is 69.0 Å². The number of carboxylic acids is 2. The molecule has 5 atom stereocenters. The van der Waals surface area contributed by atoms with E-state index in [1.54, 1.807) is 0 Å². The Labute approximate surface area is 542 Å². The largest absolute Gasteiger partial charge is 0.481 e. The van der Waals surface area contributed by atoms with Crippen molar-refractivity contribution >= 4 is 90.4 Å². The number of nitrogens with two attached hydrogens (primary N) is 2. The molecule has 14 N–H and O–H groups in total. The molecule has 0 bridgehead atoms. The first-order valence-electron chi connectivity index (χ1n) is 33.5. The molecule has 0 aromatic rings. The van der Waals surface area contributed by atoms with Gasteiger partial charge in [-0.25, -0.2) is 4.79 Å². The van der Waals surface area contributed by atoms with Gasteiger partial charge in [-0.2, -0.15) is 25.3 Å². The van der Waals surface area contributed by atoms with Crippen LogP contribution >= 0.6 is 25.3 Å². The molecule has 0 aliphatic carbocycles. The number of carbonyl (C=O) groups is 10. The lowest BCUT2D eigenvalue weighted by atomic mass is 10.0. The summed E-state index contributed by atoms with van der Waals surface area (Å²) in [6, 6.07) is -6.65. The summed E-state index contributed by atoms with van der Waals surface area (Å²) in [5.41, 5.74) is 10.8. The van der Waals surface area contributed by atoms with E-state index in [2.05, 4.69) is 86.6 Å². The Kier molecular flexibility index (Phi) is 54.3. The number of unbranched alkanes of at least 4 members (excludes halogenated alkanes) is 28. The number of guanidine groups is 1. The van der Waals surface area contributed by atoms with Crippen molar-refractivity contribution in [2.45, 2.75) is 282 Å². The number of carboxylic acid groups (broad SMARTS) is 2. The van der Waals surface area contributed by atoms with Crippen LogP contribution in [-0.4, -0.2) is 156 Å². The van der Waals surface area contributed by atoms with E-state index in [-0.39, 0.29) is 94.2 Å². The predicted molar refractivity (Wildman–Crippen MR) is 355 cm³/mol. The minimum Gasteiger partial charge on any atom is -0.481 e. The zero-order valence-electron chi connectivity index (χ0n) is 54.1. The Morgan fingerprint density at radius 1 is 0.404 bits per heavy atom. The number of amides is 8. The summed E-state index contributed by atoms with van der Waals surface area (Å²) < 4.78 is 5.62. The SMILES string of the molecule is CCCCCCCCCCCCCCCCCC(=O)NCCC(NC(=O)CCCCCCCCCCCCCCCCC)C(=O)NCCOCCC(=O)N[C@@H](CS)C(=O)N[C@@H](CCCN=C(N)N)C(=O)NCC(=O)N[C@@H](CC(=O)O)C(=O)N[C@@H](CS)C(=O)O. The van der Waals surface area contributed by atoms with E-state index in [1.807, 2.05) is 0 Å². The Hall–Kier alpha value is -5.37. The molecule has 0 aromatic carbocycles. The Morgan fingerprint density at radius 3 is 1.27 bits per heavy atom. The van der Waals surface area contributed by atoms with Crippen LogP contribution in [0.25, 0.3) is 0 Å². The third-order valence-electron chi connectivity index (χ3n) is 15.1. The first-order chi connectivity index (χ1) is 42.9. The zero-order chi connectivity index (χ0) is 66.1. The Bertz CT molecular complexity index is 2010. The highest BCUT2D eigenvalue weighted by atomic mass is 32.1. The molecule has 0 aromatic heterocycles. The lowest BCUT2D eigenvalue weighted by Crippen LogP contribution is -2.56. The number of hydrogen-bond donors (Lipinski definition) is 14. The molecule has 0 aliphatic heterocycles. The second-order valence-electron chi connectivity index (χ2n) is 23.1. The summed E-state index contributed by atoms with van der Waals surface area (Å²) in [5.74, 6) is -8.85. The zero-order valence-corrected chi connectivity index (χ0v) is 55.9. The number of nitrogens with one attached hydrogen (secondary N) is 8. The van der Waals surface area contributed by atoms with E-state index in [0.29, 0.717) is 12.8 Å². The van der Waals surface area contributed by atoms with Crippen LogP contribution in [0.3, 0.4) is 0 Å². The maximum atomic E-state index is 13.5. The van der Waals surface area contributed by atoms with Crippen molar-refractivity contribution in [2.75, 3.05) is 50.9 Å². The molecule has 0 radical (unpaired) electrons. The average molecular weight is 1300 g/mol. The van der Waals surface area contributed by atoms with Crippen molar-refractivity contribution in [3.8, 4) is 0 Å². The van der Waals surface area contributed by atoms with Crippen LogP contribution in [0.15, 0.2) is 4.99 Å². The molecule has 0 saturated carbocycles. The van der Waals surface area contributed by atoms with Gasteiger partial charge in [0.1, 0.15) is 30.2 Å². The fourth-order valence-corrected chi connectivity index (χ4v) is 10.3. The van der Waals surface area contributed by atoms with Crippen molar-refractivity contribution in [3.05, 3.63) is 0 Å². The van der Waals surface area contributed by atoms with E-state index < -0.39 is 90.6 Å². The highest BCUT2D eigenvalue weighted by Crippen LogP contribution is 2.16. The number of carbonyl (C=O) groups excluding carboxylic acids is 8. The number of aliphatic imine (C=N–C) groups is 1. The van der Waals surface area contributed by atoms with Crippen molar-refractivity contribution in [3.63, 3.8) is 0 Å². The summed E-state index contributed by atoms with van der Waals surface area (Å²) in [7, 11) is 0. The van der Waals surface area contributed by atoms with Gasteiger partial charge in [-0.15, -0.1) is 0 Å². The monoisotopic (exact) mass is 1300 g/mol. The Balaban J connectivity index is 5.24. The fourth-order valence-electron chi connectivity index (χ4n) is 9.81. The summed E-state index contributed by atoms with van der Waals surface area (Å²) in [6.45, 7) is 3.92. The van der Waals surface area contributed by atoms with Crippen molar-refractivity contribution in [1.29, 1.82) is 0 Å². The second-order valence-corrected chi connectivity index (χ2v) is 23.9. The van der Waals surface area contributed by atoms with Gasteiger partial charge in [0.05, 0.1) is 26.2 Å². The second kappa shape index (κ2) is 57.8. The molecule has 26 heteroatoms. The highest BCUT2D eigenvalue weighted by molar-refractivity contribution is 7.80. The van der Waals surface area contributed by atoms with E-state index >= 15 is 0 Å². The third-order valence-corrected chi connectivity index (χ3v) is 15.8. The molecular weight excluding hydrogens is 1180 g/mol. The van der Waals surface area contributed by atoms with Gasteiger partial charge >= 0.3 is 11.9 Å². The van der Waals surface area contributed by atoms with Crippen LogP contribution in [0.1, 0.15) is 251 Å². The van der Waals surface area contributed by atoms with Gasteiger partial charge in [0, 0.05) is 50.4 Å². The van der Waals surface area contributed by atoms with Gasteiger partial charge in [0.2, 0.25) is 47.3 Å². The van der Waals surface area contributed by atoms with Gasteiger partial charge in [-0.3, -0.25) is 48.1 Å². The highest BCUT2D eigenvalue weighted by Gasteiger charge is 2.30. The molecule has 0 rings (SSSR count). The number of aliphatic carboxylic acids is 2. The number of hydrogen-bond acceptors (Lipinski definition) is 14. The fraction of sp³-hybridized carbons (Fsp3) is 0.825. The Morgan fingerprint density at radius 2 is 0.809 bits per heavy atom. The average Bonchev–Trinajstić information content (AvgIpc) is 3.60. The topological polar surface area (TPSA) is 381 Å². The molecular formula is C63H117N11O13S2. The minimum atomic E-state index is -1.72. The smallest absolute Gasteiger partial charge is 0.327 e. The van der Waals surface area contributed by atoms with Crippen LogP contribution in [0.4, 0.5) is 0 Å². The molecule has 0 aliphatic rings. The molecule has 0 saturated heterocycles. The van der Waals surface area contributed by atoms with E-state index in [4.69, 9.17) is 16.2 Å². The van der Waals surface area contributed by atoms with Gasteiger partial charge in [-0.1, -0.05) is 194 Å². The van der Waals surface area contributed by atoms with E-state index in [1.165, 1.54) is 148 Å². The summed E-state index contributed by atoms with van der Waals surface area (Å²) in [5, 5.41) is 38.7. The van der Waals surface area contributed by atoms with Crippen molar-refractivity contribution in [2.24, 2.45) is 16.5 Å². The van der Waals surface area contributed by atoms with Gasteiger partial charge in [0.25, 0.3) is 0 Å². The van der Waals surface area contributed by atoms with Gasteiger partial charge in [0.15, 0.2) is 5.96 Å². The van der Waals surface area contributed by atoms with Crippen LogP contribution in [-0.2, 0) is 52.7 Å². The lowest BCUT2D eigenvalue weighted by molar-refractivity contribution is -0.143. The van der Waals surface area contributed by atoms with Crippen molar-refractivity contribution < 1.29 is 62.9 Å². The van der Waals surface area contributed by atoms with Gasteiger partial charge in [-0.05, 0) is 32.1 Å². The molecule has 1 unspecified atom stereocenters. The summed E-state index contributed by atoms with van der Waals surface area (Å²) in [4.78, 5) is 131. The van der Waals surface area contributed by atoms with E-state index in [9.17, 15) is 58.2 Å². The first-order valence-corrected chi connectivity index (χ1v) is 34.8. The number of nitrogens with zero attached hydrogens (tertiary/aromatic N) is 1. The number of ether oxygens (including phenoxy) is 1. The molecule has 514 valence electrons. The summed E-state index contributed by atoms with van der Waals surface area (Å²) >= 11 is 8.06. The van der Waals surface area contributed by atoms with Crippen LogP contribution < -0.4 is 54.0 Å². The lowest BCUT2D eigenvalue weighted by Gasteiger charge is -2.23. The van der Waals surface area contributed by atoms with Crippen molar-refractivity contribution in [1.82, 2.24) is 42.5 Å². The molecule has 89 heavy (non-hydrogen) atoms. The van der Waals surface area contributed by atoms with Crippen LogP contribution in [0.5, 0.6) is 0 Å². The molecule has 8 amide bonds. The molecule has 24 nitrogen and oxygen atoms in total. The maximum Gasteiger partial charge on any atom is 0.327 e. The van der Waals surface area contributed by atoms with Crippen LogP contribution in [0, 0.1) is 0 Å². The third kappa shape index (κ3) is 50.0. The predicted octanol–water partition coefficient (Wildman–Crippen LogP) is 6.55. The van der Waals surface area contributed by atoms with E-state index in [0.717, 1.165) is 38.5 Å². The summed E-state index contributed by atoms with van der Waals surface area (Å²) in [6.07, 6.45) is 36.5. The quantitative estimate of drug-likeness (QED) is 0.0133.